The fraction of sp³-hybridized carbons (Fsp3) is 0.231. The summed E-state index contributed by atoms with van der Waals surface area (Å²) in [5.41, 5.74) is 2.58. The molecule has 1 atom stereocenters. The molecular weight excluding hydrogens is 450 g/mol. The average molecular weight is 478 g/mol. The Hall–Kier alpha value is -3.65. The fourth-order valence-electron chi connectivity index (χ4n) is 3.27. The van der Waals surface area contributed by atoms with Crippen molar-refractivity contribution < 1.29 is 14.5 Å². The van der Waals surface area contributed by atoms with Gasteiger partial charge in [-0.05, 0) is 48.7 Å². The van der Waals surface area contributed by atoms with Gasteiger partial charge in [-0.15, -0.1) is 11.8 Å². The first-order valence-electron chi connectivity index (χ1n) is 11.0. The van der Waals surface area contributed by atoms with Gasteiger partial charge in [-0.1, -0.05) is 49.7 Å². The molecule has 2 amide bonds. The minimum absolute atomic E-state index is 0.0175. The summed E-state index contributed by atoms with van der Waals surface area (Å²) < 4.78 is 0. The zero-order valence-corrected chi connectivity index (χ0v) is 19.9. The van der Waals surface area contributed by atoms with Crippen LogP contribution in [0.1, 0.15) is 42.6 Å². The van der Waals surface area contributed by atoms with E-state index in [4.69, 9.17) is 0 Å². The van der Waals surface area contributed by atoms with Crippen LogP contribution in [0.25, 0.3) is 0 Å². The number of unbranched alkanes of at least 4 members (excludes halogenated alkanes) is 1. The monoisotopic (exact) mass is 477 g/mol. The number of nitro benzene ring substituents is 1. The molecule has 3 aromatic rings. The van der Waals surface area contributed by atoms with E-state index in [1.165, 1.54) is 23.9 Å². The molecule has 0 aliphatic carbocycles. The van der Waals surface area contributed by atoms with E-state index in [2.05, 4.69) is 10.6 Å². The Labute approximate surface area is 203 Å². The van der Waals surface area contributed by atoms with Gasteiger partial charge < -0.3 is 10.6 Å². The molecule has 8 heteroatoms. The number of benzene rings is 3. The van der Waals surface area contributed by atoms with Crippen molar-refractivity contribution in [3.05, 3.63) is 94.0 Å². The highest BCUT2D eigenvalue weighted by atomic mass is 32.2. The lowest BCUT2D eigenvalue weighted by atomic mass is 10.1. The molecule has 0 saturated carbocycles. The average Bonchev–Trinajstić information content (AvgIpc) is 2.84. The molecule has 0 aliphatic heterocycles. The van der Waals surface area contributed by atoms with Crippen LogP contribution in [0.3, 0.4) is 0 Å². The molecule has 2 N–H and O–H groups in total. The summed E-state index contributed by atoms with van der Waals surface area (Å²) in [6.45, 7) is 3.83. The van der Waals surface area contributed by atoms with Crippen LogP contribution in [0, 0.1) is 17.0 Å². The second-order valence-electron chi connectivity index (χ2n) is 7.83. The first-order valence-corrected chi connectivity index (χ1v) is 11.9. The quantitative estimate of drug-likeness (QED) is 0.197. The Balaban J connectivity index is 1.78. The maximum absolute atomic E-state index is 13.3. The van der Waals surface area contributed by atoms with Crippen LogP contribution in [-0.4, -0.2) is 16.7 Å². The number of hydrogen-bond acceptors (Lipinski definition) is 5. The van der Waals surface area contributed by atoms with E-state index in [1.54, 1.807) is 13.0 Å². The minimum atomic E-state index is -0.579. The predicted octanol–water partition coefficient (Wildman–Crippen LogP) is 6.50. The van der Waals surface area contributed by atoms with Gasteiger partial charge in [-0.3, -0.25) is 19.7 Å². The molecule has 1 unspecified atom stereocenters. The molecule has 0 aromatic heterocycles. The van der Waals surface area contributed by atoms with Crippen LogP contribution in [0.15, 0.2) is 77.7 Å². The second-order valence-corrected chi connectivity index (χ2v) is 9.01. The predicted molar refractivity (Wildman–Crippen MR) is 136 cm³/mol. The van der Waals surface area contributed by atoms with Gasteiger partial charge in [0.25, 0.3) is 5.69 Å². The van der Waals surface area contributed by atoms with E-state index in [9.17, 15) is 19.7 Å². The van der Waals surface area contributed by atoms with Gasteiger partial charge in [-0.25, -0.2) is 0 Å². The maximum atomic E-state index is 13.3. The molecular formula is C26H27N3O4S. The van der Waals surface area contributed by atoms with Crippen LogP contribution >= 0.6 is 11.8 Å². The van der Waals surface area contributed by atoms with E-state index in [1.807, 2.05) is 61.5 Å². The maximum Gasteiger partial charge on any atom is 0.271 e. The molecule has 7 nitrogen and oxygen atoms in total. The summed E-state index contributed by atoms with van der Waals surface area (Å²) >= 11 is 1.37. The molecule has 3 rings (SSSR count). The third-order valence-corrected chi connectivity index (χ3v) is 6.45. The fourth-order valence-corrected chi connectivity index (χ4v) is 4.30. The number of aryl methyl sites for hydroxylation is 1. The molecule has 0 heterocycles. The summed E-state index contributed by atoms with van der Waals surface area (Å²) in [5.74, 6) is -0.298. The minimum Gasteiger partial charge on any atom is -0.326 e. The van der Waals surface area contributed by atoms with Gasteiger partial charge in [-0.2, -0.15) is 0 Å². The summed E-state index contributed by atoms with van der Waals surface area (Å²) in [6, 6.07) is 21.1. The Morgan fingerprint density at radius 2 is 1.71 bits per heavy atom. The SMILES string of the molecule is CCCCC(=O)Nc1ccc(SC(C(=O)Nc2cc([N+](=O)[O-])ccc2C)c2ccccc2)cc1. The molecule has 0 radical (unpaired) electrons. The number of nitrogens with one attached hydrogen (secondary N) is 2. The number of nitrogens with zero attached hydrogens (tertiary/aromatic N) is 1. The normalized spacial score (nSPS) is 11.5. The second kappa shape index (κ2) is 12.0. The zero-order chi connectivity index (χ0) is 24.5. The van der Waals surface area contributed by atoms with E-state index >= 15 is 0 Å². The third kappa shape index (κ3) is 6.92. The van der Waals surface area contributed by atoms with Crippen molar-refractivity contribution in [3.63, 3.8) is 0 Å². The number of hydrogen-bond donors (Lipinski definition) is 2. The van der Waals surface area contributed by atoms with Crippen LogP contribution in [0.4, 0.5) is 17.1 Å². The summed E-state index contributed by atoms with van der Waals surface area (Å²) in [7, 11) is 0. The summed E-state index contributed by atoms with van der Waals surface area (Å²) in [4.78, 5) is 36.8. The first kappa shape index (κ1) is 25.0. The van der Waals surface area contributed by atoms with E-state index in [-0.39, 0.29) is 17.5 Å². The van der Waals surface area contributed by atoms with Gasteiger partial charge in [0, 0.05) is 29.1 Å². The van der Waals surface area contributed by atoms with Crippen LogP contribution in [0.5, 0.6) is 0 Å². The topological polar surface area (TPSA) is 101 Å². The largest absolute Gasteiger partial charge is 0.326 e. The molecule has 0 saturated heterocycles. The molecule has 0 spiro atoms. The number of rotatable bonds is 10. The number of carbonyl (C=O) groups is 2. The van der Waals surface area contributed by atoms with Crippen molar-refractivity contribution in [1.29, 1.82) is 0 Å². The van der Waals surface area contributed by atoms with Crippen LogP contribution < -0.4 is 10.6 Å². The lowest BCUT2D eigenvalue weighted by Crippen LogP contribution is -2.19. The molecule has 34 heavy (non-hydrogen) atoms. The summed E-state index contributed by atoms with van der Waals surface area (Å²) in [5, 5.41) is 16.3. The van der Waals surface area contributed by atoms with E-state index < -0.39 is 10.2 Å². The highest BCUT2D eigenvalue weighted by Gasteiger charge is 2.23. The van der Waals surface area contributed by atoms with Crippen LogP contribution in [-0.2, 0) is 9.59 Å². The number of non-ortho nitro benzene ring substituents is 1. The highest BCUT2D eigenvalue weighted by Crippen LogP contribution is 2.37. The third-order valence-electron chi connectivity index (χ3n) is 5.18. The smallest absolute Gasteiger partial charge is 0.271 e. The van der Waals surface area contributed by atoms with Crippen LogP contribution in [0.2, 0.25) is 0 Å². The lowest BCUT2D eigenvalue weighted by molar-refractivity contribution is -0.384. The number of anilines is 2. The van der Waals surface area contributed by atoms with Crippen molar-refractivity contribution in [1.82, 2.24) is 0 Å². The zero-order valence-electron chi connectivity index (χ0n) is 19.1. The van der Waals surface area contributed by atoms with Gasteiger partial charge in [0.05, 0.1) is 10.6 Å². The Kier molecular flexibility index (Phi) is 8.81. The van der Waals surface area contributed by atoms with Crippen molar-refractivity contribution in [2.75, 3.05) is 10.6 Å². The molecule has 0 fully saturated rings. The first-order chi connectivity index (χ1) is 16.4. The molecule has 0 bridgehead atoms. The van der Waals surface area contributed by atoms with Gasteiger partial charge in [0.15, 0.2) is 0 Å². The number of carbonyl (C=O) groups excluding carboxylic acids is 2. The van der Waals surface area contributed by atoms with Crippen molar-refractivity contribution >= 4 is 40.6 Å². The van der Waals surface area contributed by atoms with E-state index in [0.29, 0.717) is 17.8 Å². The van der Waals surface area contributed by atoms with Gasteiger partial charge in [0.1, 0.15) is 5.25 Å². The van der Waals surface area contributed by atoms with Crippen molar-refractivity contribution in [3.8, 4) is 0 Å². The van der Waals surface area contributed by atoms with E-state index in [0.717, 1.165) is 28.9 Å². The number of thioether (sulfide) groups is 1. The van der Waals surface area contributed by atoms with Crippen molar-refractivity contribution in [2.45, 2.75) is 43.3 Å². The Morgan fingerprint density at radius 1 is 1.00 bits per heavy atom. The molecule has 0 aliphatic rings. The van der Waals surface area contributed by atoms with Gasteiger partial charge >= 0.3 is 0 Å². The van der Waals surface area contributed by atoms with Crippen molar-refractivity contribution in [2.24, 2.45) is 0 Å². The number of nitro groups is 1. The Morgan fingerprint density at radius 3 is 2.35 bits per heavy atom. The summed E-state index contributed by atoms with van der Waals surface area (Å²) in [6.07, 6.45) is 2.29. The van der Waals surface area contributed by atoms with Gasteiger partial charge in [0.2, 0.25) is 11.8 Å². The molecule has 3 aromatic carbocycles. The molecule has 176 valence electrons. The standard InChI is InChI=1S/C26H27N3O4S/c1-3-4-10-24(30)27-20-12-15-22(16-13-20)34-25(19-8-6-5-7-9-19)26(31)28-23-17-21(29(32)33)14-11-18(23)2/h5-9,11-17,25H,3-4,10H2,1-2H3,(H,27,30)(H,28,31). The Bertz CT molecular complexity index is 1150. The number of amides is 2. The highest BCUT2D eigenvalue weighted by molar-refractivity contribution is 8.00. The lowest BCUT2D eigenvalue weighted by Gasteiger charge is -2.18.